The van der Waals surface area contributed by atoms with Gasteiger partial charge in [-0.05, 0) is 25.5 Å². The molecule has 22 heavy (non-hydrogen) atoms. The number of hydrogen-bond acceptors (Lipinski definition) is 7. The first-order valence-corrected chi connectivity index (χ1v) is 7.41. The van der Waals surface area contributed by atoms with Gasteiger partial charge in [-0.15, -0.1) is 11.3 Å². The van der Waals surface area contributed by atoms with Crippen LogP contribution in [0.2, 0.25) is 0 Å². The van der Waals surface area contributed by atoms with Gasteiger partial charge in [-0.3, -0.25) is 4.79 Å². The summed E-state index contributed by atoms with van der Waals surface area (Å²) in [4.78, 5) is 40.2. The van der Waals surface area contributed by atoms with Gasteiger partial charge in [0.1, 0.15) is 9.71 Å². The molecule has 0 fully saturated rings. The molecule has 0 amide bonds. The summed E-state index contributed by atoms with van der Waals surface area (Å²) >= 11 is 1.13. The van der Waals surface area contributed by atoms with E-state index in [4.69, 9.17) is 4.74 Å². The van der Waals surface area contributed by atoms with Gasteiger partial charge in [0, 0.05) is 12.4 Å². The summed E-state index contributed by atoms with van der Waals surface area (Å²) in [6.45, 7) is 3.72. The van der Waals surface area contributed by atoms with Crippen LogP contribution in [0, 0.1) is 6.92 Å². The smallest absolute Gasteiger partial charge is 0.348 e. The number of aryl methyl sites for hydroxylation is 1. The van der Waals surface area contributed by atoms with Gasteiger partial charge < -0.3 is 9.72 Å². The van der Waals surface area contributed by atoms with E-state index in [0.29, 0.717) is 26.5 Å². The quantitative estimate of drug-likeness (QED) is 0.741. The minimum Gasteiger partial charge on any atom is -0.462 e. The van der Waals surface area contributed by atoms with E-state index in [1.54, 1.807) is 32.3 Å². The number of aromatic nitrogens is 4. The first-order valence-electron chi connectivity index (χ1n) is 6.59. The number of nitrogens with zero attached hydrogens (tertiary/aromatic N) is 3. The Kier molecular flexibility index (Phi) is 3.68. The van der Waals surface area contributed by atoms with Crippen LogP contribution in [0.4, 0.5) is 0 Å². The molecule has 0 bridgehead atoms. The van der Waals surface area contributed by atoms with E-state index >= 15 is 0 Å². The first-order chi connectivity index (χ1) is 10.6. The van der Waals surface area contributed by atoms with E-state index in [1.165, 1.54) is 0 Å². The number of nitrogens with one attached hydrogen (secondary N) is 1. The van der Waals surface area contributed by atoms with Crippen LogP contribution < -0.4 is 5.56 Å². The summed E-state index contributed by atoms with van der Waals surface area (Å²) < 4.78 is 5.00. The minimum absolute atomic E-state index is 0.273. The summed E-state index contributed by atoms with van der Waals surface area (Å²) in [5, 5.41) is 0.396. The second-order valence-electron chi connectivity index (χ2n) is 4.44. The zero-order valence-electron chi connectivity index (χ0n) is 11.9. The molecule has 3 rings (SSSR count). The van der Waals surface area contributed by atoms with Crippen molar-refractivity contribution in [3.63, 3.8) is 0 Å². The number of fused-ring (bicyclic) bond motifs is 1. The van der Waals surface area contributed by atoms with Crippen molar-refractivity contribution < 1.29 is 9.53 Å². The fourth-order valence-electron chi connectivity index (χ4n) is 2.06. The van der Waals surface area contributed by atoms with Gasteiger partial charge in [0.2, 0.25) is 0 Å². The number of esters is 1. The topological polar surface area (TPSA) is 97.8 Å². The Bertz CT molecular complexity index is 902. The third-order valence-corrected chi connectivity index (χ3v) is 4.20. The number of carbonyl (C=O) groups is 1. The number of H-pyrrole nitrogens is 1. The summed E-state index contributed by atoms with van der Waals surface area (Å²) in [5.41, 5.74) is 0.254. The standard InChI is InChI=1S/C14H12N4O3S/c1-3-21-14(20)9-7(2)8-12(19)17-11(18-13(8)22-9)10-15-5-4-6-16-10/h4-6H,3H2,1-2H3,(H,17,18,19). The lowest BCUT2D eigenvalue weighted by atomic mass is 10.2. The molecule has 0 aliphatic rings. The predicted molar refractivity (Wildman–Crippen MR) is 82.0 cm³/mol. The van der Waals surface area contributed by atoms with Crippen molar-refractivity contribution in [3.8, 4) is 11.6 Å². The maximum Gasteiger partial charge on any atom is 0.348 e. The molecule has 3 aromatic rings. The van der Waals surface area contributed by atoms with Gasteiger partial charge >= 0.3 is 5.97 Å². The number of thiophene rings is 1. The van der Waals surface area contributed by atoms with Gasteiger partial charge in [0.25, 0.3) is 5.56 Å². The second kappa shape index (κ2) is 5.64. The third kappa shape index (κ3) is 2.37. The van der Waals surface area contributed by atoms with Crippen molar-refractivity contribution in [1.82, 2.24) is 19.9 Å². The summed E-state index contributed by atoms with van der Waals surface area (Å²) in [6, 6.07) is 1.67. The Morgan fingerprint density at radius 3 is 2.77 bits per heavy atom. The normalized spacial score (nSPS) is 10.8. The molecular weight excluding hydrogens is 304 g/mol. The molecular formula is C14H12N4O3S. The Balaban J connectivity index is 2.19. The number of rotatable bonds is 3. The second-order valence-corrected chi connectivity index (χ2v) is 5.44. The molecule has 3 heterocycles. The summed E-state index contributed by atoms with van der Waals surface area (Å²) in [6.07, 6.45) is 3.13. The molecule has 1 N–H and O–H groups in total. The van der Waals surface area contributed by atoms with E-state index in [2.05, 4.69) is 19.9 Å². The van der Waals surface area contributed by atoms with Crippen molar-refractivity contribution in [2.75, 3.05) is 6.61 Å². The van der Waals surface area contributed by atoms with Gasteiger partial charge in [0.05, 0.1) is 12.0 Å². The number of ether oxygens (including phenoxy) is 1. The molecule has 0 aliphatic carbocycles. The highest BCUT2D eigenvalue weighted by Crippen LogP contribution is 2.28. The molecule has 0 atom stereocenters. The lowest BCUT2D eigenvalue weighted by molar-refractivity contribution is 0.0531. The molecule has 0 aromatic carbocycles. The van der Waals surface area contributed by atoms with Crippen LogP contribution in [0.1, 0.15) is 22.2 Å². The van der Waals surface area contributed by atoms with Crippen molar-refractivity contribution in [3.05, 3.63) is 39.3 Å². The molecule has 0 spiro atoms. The van der Waals surface area contributed by atoms with Crippen LogP contribution in [-0.4, -0.2) is 32.5 Å². The molecule has 0 saturated carbocycles. The average molecular weight is 316 g/mol. The molecule has 0 aliphatic heterocycles. The number of aromatic amines is 1. The predicted octanol–water partition coefficient (Wildman–Crippen LogP) is 1.93. The zero-order chi connectivity index (χ0) is 15.7. The molecule has 0 radical (unpaired) electrons. The monoisotopic (exact) mass is 316 g/mol. The van der Waals surface area contributed by atoms with E-state index < -0.39 is 5.97 Å². The minimum atomic E-state index is -0.445. The molecule has 112 valence electrons. The zero-order valence-corrected chi connectivity index (χ0v) is 12.7. The van der Waals surface area contributed by atoms with Gasteiger partial charge in [-0.1, -0.05) is 0 Å². The molecule has 3 aromatic heterocycles. The van der Waals surface area contributed by atoms with Gasteiger partial charge in [-0.25, -0.2) is 19.7 Å². The van der Waals surface area contributed by atoms with Crippen LogP contribution >= 0.6 is 11.3 Å². The van der Waals surface area contributed by atoms with Gasteiger partial charge in [-0.2, -0.15) is 0 Å². The van der Waals surface area contributed by atoms with E-state index in [1.807, 2.05) is 0 Å². The molecule has 8 heteroatoms. The van der Waals surface area contributed by atoms with Crippen molar-refractivity contribution in [1.29, 1.82) is 0 Å². The lowest BCUT2D eigenvalue weighted by Crippen LogP contribution is -2.10. The Morgan fingerprint density at radius 1 is 1.36 bits per heavy atom. The summed E-state index contributed by atoms with van der Waals surface area (Å²) in [5.74, 6) is 0.153. The third-order valence-electron chi connectivity index (χ3n) is 3.04. The Morgan fingerprint density at radius 2 is 2.09 bits per heavy atom. The van der Waals surface area contributed by atoms with E-state index in [9.17, 15) is 9.59 Å². The number of carbonyl (C=O) groups excluding carboxylic acids is 1. The SMILES string of the molecule is CCOC(=O)c1sc2nc(-c3ncccn3)[nH]c(=O)c2c1C. The first kappa shape index (κ1) is 14.3. The van der Waals surface area contributed by atoms with E-state index in [-0.39, 0.29) is 18.0 Å². The van der Waals surface area contributed by atoms with Crippen LogP contribution in [-0.2, 0) is 4.74 Å². The fourth-order valence-corrected chi connectivity index (χ4v) is 3.14. The van der Waals surface area contributed by atoms with Crippen molar-refractivity contribution in [2.45, 2.75) is 13.8 Å². The Labute approximate surface area is 129 Å². The highest BCUT2D eigenvalue weighted by molar-refractivity contribution is 7.20. The highest BCUT2D eigenvalue weighted by Gasteiger charge is 2.20. The highest BCUT2D eigenvalue weighted by atomic mass is 32.1. The van der Waals surface area contributed by atoms with Crippen LogP contribution in [0.15, 0.2) is 23.3 Å². The summed E-state index contributed by atoms with van der Waals surface area (Å²) in [7, 11) is 0. The fraction of sp³-hybridized carbons (Fsp3) is 0.214. The van der Waals surface area contributed by atoms with Crippen molar-refractivity contribution >= 4 is 27.5 Å². The maximum absolute atomic E-state index is 12.3. The van der Waals surface area contributed by atoms with Crippen molar-refractivity contribution in [2.24, 2.45) is 0 Å². The maximum atomic E-state index is 12.3. The molecule has 0 unspecified atom stereocenters. The average Bonchev–Trinajstić information content (AvgIpc) is 2.86. The Hall–Kier alpha value is -2.61. The van der Waals surface area contributed by atoms with E-state index in [0.717, 1.165) is 11.3 Å². The molecule has 0 saturated heterocycles. The molecule has 7 nitrogen and oxygen atoms in total. The van der Waals surface area contributed by atoms with Crippen LogP contribution in [0.3, 0.4) is 0 Å². The van der Waals surface area contributed by atoms with Crippen LogP contribution in [0.5, 0.6) is 0 Å². The van der Waals surface area contributed by atoms with Crippen LogP contribution in [0.25, 0.3) is 21.9 Å². The van der Waals surface area contributed by atoms with Gasteiger partial charge in [0.15, 0.2) is 11.6 Å². The lowest BCUT2D eigenvalue weighted by Gasteiger charge is -1.99. The largest absolute Gasteiger partial charge is 0.462 e. The number of hydrogen-bond donors (Lipinski definition) is 1.